The van der Waals surface area contributed by atoms with Crippen molar-refractivity contribution < 1.29 is 215 Å². The molecule has 0 aliphatic heterocycles. The smallest absolute Gasteiger partial charge is 0.548 e. The molecule has 0 saturated heterocycles. The maximum absolute atomic E-state index is 10.1. The van der Waals surface area contributed by atoms with Crippen LogP contribution >= 0.6 is 50.5 Å². The Bertz CT molecular complexity index is 2480. The Hall–Kier alpha value is -9.48. The maximum atomic E-state index is 10.1. The molecule has 0 aromatic rings. The van der Waals surface area contributed by atoms with Gasteiger partial charge in [0.2, 0.25) is 0 Å². The molecule has 0 aliphatic rings. The second-order valence-corrected chi connectivity index (χ2v) is 24.6. The molecule has 127 heavy (non-hydrogen) atoms. The maximum Gasteiger partial charge on any atom is 2.00 e. The summed E-state index contributed by atoms with van der Waals surface area (Å²) in [7, 11) is 0. The molecule has 0 aromatic carbocycles. The van der Waals surface area contributed by atoms with Crippen molar-refractivity contribution >= 4 is 170 Å². The Morgan fingerprint density at radius 1 is 0.220 bits per heavy atom. The molecule has 0 saturated carbocycles. The van der Waals surface area contributed by atoms with E-state index in [1.807, 2.05) is 27.7 Å². The number of hydrogen-bond acceptors (Lipinski definition) is 46. The SMILES string of the molecule is CC(C)C[C@H](N)C(=O)O.CC(C)C[C@H](N)C(=O)O.CC(C)[C@H](N)C(=O)O.CC(C)[C@H](N)C(=O)O.C[C@H](N)C(=O)O.C[C@H](N)C(=O)O.C[C@H](N)C(=O)O.C[C@H](N)C(=O)O.NCC(=O)O.NCC(=O)O.NCC(=O)O.NCC(=O)O.NCC(=O)O.NCC(=O)O.NCC(=O)O.NCC(=O)O.N[C@@H](CS)C(=O)O.N[C@@H](CS)C(=O)O.N[C@@H](CS)C(=O)[O-].N[C@@H](CS)C(=O)[O-].[Cu+2]. The van der Waals surface area contributed by atoms with Gasteiger partial charge in [0.1, 0.15) is 60.4 Å². The summed E-state index contributed by atoms with van der Waals surface area (Å²) < 4.78 is 0. The first-order valence-electron chi connectivity index (χ1n) is 34.2. The van der Waals surface area contributed by atoms with Gasteiger partial charge in [0.05, 0.1) is 76.4 Å². The number of aliphatic carboxylic acids is 20. The number of nitrogens with two attached hydrogens (primary N) is 20. The first kappa shape index (κ1) is 171. The van der Waals surface area contributed by atoms with Gasteiger partial charge in [0, 0.05) is 23.0 Å². The Morgan fingerprint density at radius 3 is 0.331 bits per heavy atom. The molecule has 765 valence electrons. The molecule has 0 amide bonds. The van der Waals surface area contributed by atoms with Crippen molar-refractivity contribution in [2.24, 2.45) is 138 Å². The fraction of sp³-hybridized carbons (Fsp3) is 0.677. The summed E-state index contributed by atoms with van der Waals surface area (Å²) in [6.45, 7) is 18.3. The molecule has 0 spiro atoms. The van der Waals surface area contributed by atoms with Gasteiger partial charge < -0.3 is 226 Å². The normalized spacial score (nSPS) is 11.6. The number of carboxylic acid groups (broad SMARTS) is 20. The van der Waals surface area contributed by atoms with E-state index in [1.54, 1.807) is 27.7 Å². The third-order valence-electron chi connectivity index (χ3n) is 9.07. The standard InChI is InChI=1S/2C6H13NO2.2C5H11NO2.4C3H7NO2S.4C3H7NO2.8C2H5NO2.Cu/c2*1-4(2)3-5(7)6(8)9;2*1-3(2)4(6)5(7)8;4*4-2(1-7)3(5)6;4*1-2(4)3(5)6;8*3-1-2(4)5;/h2*4-5H,3,7H2,1-2H3,(H,8,9);2*3-4H,6H2,1-2H3,(H,7,8);4*2,7H,1,4H2,(H,5,6);4*2H,4H2,1H3,(H,5,6);8*1,3H2,(H,4,5);/q;;;;;;;;;;;;;;;;;;;;+2/p-2/t2*5-;2*4-;8*2-;;;;;;;;;/m000000000000........./s1. The summed E-state index contributed by atoms with van der Waals surface area (Å²) in [5.74, 6) is -18.4. The van der Waals surface area contributed by atoms with E-state index in [1.165, 1.54) is 27.7 Å². The number of thiol groups is 4. The van der Waals surface area contributed by atoms with Crippen LogP contribution in [0.4, 0.5) is 0 Å². The molecule has 0 bridgehead atoms. The molecular formula is C62H142CuN20O40S4. The van der Waals surface area contributed by atoms with E-state index in [4.69, 9.17) is 161 Å². The molecule has 65 heteroatoms. The third kappa shape index (κ3) is 248. The summed E-state index contributed by atoms with van der Waals surface area (Å²) in [4.78, 5) is 191. The molecule has 0 heterocycles. The van der Waals surface area contributed by atoms with Crippen molar-refractivity contribution in [3.63, 3.8) is 0 Å². The zero-order valence-corrected chi connectivity index (χ0v) is 76.3. The summed E-state index contributed by atoms with van der Waals surface area (Å²) in [5, 5.41) is 161. The number of rotatable bonds is 30. The molecule has 60 nitrogen and oxygen atoms in total. The second kappa shape index (κ2) is 123. The zero-order chi connectivity index (χ0) is 107. The van der Waals surface area contributed by atoms with Crippen LogP contribution in [0.5, 0.6) is 0 Å². The van der Waals surface area contributed by atoms with Crippen LogP contribution < -0.4 is 125 Å². The molecule has 12 atom stereocenters. The van der Waals surface area contributed by atoms with Gasteiger partial charge in [-0.15, -0.1) is 0 Å². The van der Waals surface area contributed by atoms with Crippen molar-refractivity contribution in [3.8, 4) is 0 Å². The van der Waals surface area contributed by atoms with Gasteiger partial charge in [-0.1, -0.05) is 55.4 Å². The van der Waals surface area contributed by atoms with Gasteiger partial charge in [0.15, 0.2) is 0 Å². The molecule has 58 N–H and O–H groups in total. The van der Waals surface area contributed by atoms with Crippen LogP contribution in [0.25, 0.3) is 0 Å². The van der Waals surface area contributed by atoms with Crippen molar-refractivity contribution in [3.05, 3.63) is 0 Å². The van der Waals surface area contributed by atoms with Crippen molar-refractivity contribution in [2.45, 2.75) is 168 Å². The van der Waals surface area contributed by atoms with E-state index in [9.17, 15) is 106 Å². The molecule has 0 rings (SSSR count). The second-order valence-electron chi connectivity index (χ2n) is 23.1. The van der Waals surface area contributed by atoms with Gasteiger partial charge in [0.25, 0.3) is 0 Å². The molecule has 0 fully saturated rings. The van der Waals surface area contributed by atoms with E-state index >= 15 is 0 Å². The summed E-state index contributed by atoms with van der Waals surface area (Å²) >= 11 is 14.5. The number of carbonyl (C=O) groups is 20. The van der Waals surface area contributed by atoms with Crippen LogP contribution in [0.2, 0.25) is 0 Å². The average Bonchev–Trinajstić information content (AvgIpc) is 0.992. The number of carboxylic acids is 20. The first-order valence-corrected chi connectivity index (χ1v) is 36.7. The number of carbonyl (C=O) groups excluding carboxylic acids is 2. The minimum absolute atomic E-state index is 0. The van der Waals surface area contributed by atoms with E-state index in [-0.39, 0.29) is 104 Å². The Morgan fingerprint density at radius 2 is 0.323 bits per heavy atom. The molecule has 0 unspecified atom stereocenters. The van der Waals surface area contributed by atoms with Crippen molar-refractivity contribution in [2.75, 3.05) is 75.4 Å². The largest absolute Gasteiger partial charge is 2.00 e. The fourth-order valence-corrected chi connectivity index (χ4v) is 2.70. The third-order valence-corrected chi connectivity index (χ3v) is 10.6. The minimum atomic E-state index is -1.25. The van der Waals surface area contributed by atoms with Crippen LogP contribution in [0.1, 0.15) is 95.9 Å². The van der Waals surface area contributed by atoms with Gasteiger partial charge in [-0.2, -0.15) is 50.5 Å². The van der Waals surface area contributed by atoms with E-state index in [0.29, 0.717) is 24.7 Å². The van der Waals surface area contributed by atoms with Crippen molar-refractivity contribution in [1.29, 1.82) is 0 Å². The van der Waals surface area contributed by atoms with Crippen LogP contribution in [0.15, 0.2) is 0 Å². The molecular weight excluding hydrogens is 1860 g/mol. The molecule has 0 aliphatic carbocycles. The van der Waals surface area contributed by atoms with Gasteiger partial charge >= 0.3 is 125 Å². The molecule has 0 aromatic heterocycles. The topological polar surface area (TPSA) is 1270 Å². The minimum Gasteiger partial charge on any atom is -0.548 e. The fourth-order valence-electron chi connectivity index (χ4n) is 2.09. The van der Waals surface area contributed by atoms with Crippen LogP contribution in [0.3, 0.4) is 0 Å². The number of hydrogen-bond donors (Lipinski definition) is 42. The van der Waals surface area contributed by atoms with E-state index < -0.39 is 192 Å². The first-order chi connectivity index (χ1) is 56.6. The van der Waals surface area contributed by atoms with Crippen LogP contribution in [0, 0.1) is 23.7 Å². The summed E-state index contributed by atoms with van der Waals surface area (Å²) in [6.07, 6.45) is 1.10. The summed E-state index contributed by atoms with van der Waals surface area (Å²) in [5.41, 5.74) is 96.3. The Balaban J connectivity index is -0.0000000491. The van der Waals surface area contributed by atoms with E-state index in [2.05, 4.69) is 96.4 Å². The molecule has 1 radical (unpaired) electrons. The Kier molecular flexibility index (Phi) is 166. The van der Waals surface area contributed by atoms with Gasteiger partial charge in [-0.3, -0.25) is 86.3 Å². The zero-order valence-electron chi connectivity index (χ0n) is 71.8. The average molecular weight is 2000 g/mol. The predicted molar refractivity (Wildman–Crippen MR) is 462 cm³/mol. The van der Waals surface area contributed by atoms with Crippen molar-refractivity contribution in [1.82, 2.24) is 0 Å². The van der Waals surface area contributed by atoms with E-state index in [0.717, 1.165) is 0 Å². The van der Waals surface area contributed by atoms with Gasteiger partial charge in [-0.05, 0) is 64.2 Å². The monoisotopic (exact) mass is 2000 g/mol. The Labute approximate surface area is 763 Å². The van der Waals surface area contributed by atoms with Crippen LogP contribution in [-0.4, -0.2) is 359 Å². The summed E-state index contributed by atoms with van der Waals surface area (Å²) in [6, 6.07) is -9.22. The quantitative estimate of drug-likeness (QED) is 0.0235. The van der Waals surface area contributed by atoms with Gasteiger partial charge in [-0.25, -0.2) is 0 Å². The van der Waals surface area contributed by atoms with Crippen LogP contribution in [-0.2, 0) is 113 Å². The predicted octanol–water partition coefficient (Wildman–Crippen LogP) is -14.5.